The van der Waals surface area contributed by atoms with Crippen molar-refractivity contribution >= 4 is 17.4 Å². The Balaban J connectivity index is 2.15. The SMILES string of the molecule is Cc1ccc(OCc2ccc(F)cc2)c(C(=O)CCCl)c1. The minimum Gasteiger partial charge on any atom is -0.488 e. The Morgan fingerprint density at radius 3 is 2.57 bits per heavy atom. The Kier molecular flexibility index (Phi) is 5.34. The summed E-state index contributed by atoms with van der Waals surface area (Å²) in [5.41, 5.74) is 2.37. The lowest BCUT2D eigenvalue weighted by atomic mass is 10.0. The predicted octanol–water partition coefficient (Wildman–Crippen LogP) is 4.52. The molecule has 110 valence electrons. The number of carbonyl (C=O) groups excluding carboxylic acids is 1. The highest BCUT2D eigenvalue weighted by Gasteiger charge is 2.12. The molecule has 2 rings (SSSR count). The van der Waals surface area contributed by atoms with Crippen molar-refractivity contribution in [1.82, 2.24) is 0 Å². The van der Waals surface area contributed by atoms with Crippen molar-refractivity contribution in [2.75, 3.05) is 5.88 Å². The number of rotatable bonds is 6. The highest BCUT2D eigenvalue weighted by Crippen LogP contribution is 2.23. The number of ketones is 1. The van der Waals surface area contributed by atoms with Gasteiger partial charge in [-0.15, -0.1) is 11.6 Å². The number of alkyl halides is 1. The van der Waals surface area contributed by atoms with Crippen LogP contribution < -0.4 is 4.74 Å². The summed E-state index contributed by atoms with van der Waals surface area (Å²) >= 11 is 5.63. The van der Waals surface area contributed by atoms with Crippen molar-refractivity contribution in [3.63, 3.8) is 0 Å². The second-order valence-electron chi connectivity index (χ2n) is 4.78. The minimum atomic E-state index is -0.285. The second-order valence-corrected chi connectivity index (χ2v) is 5.15. The van der Waals surface area contributed by atoms with Crippen molar-refractivity contribution in [3.8, 4) is 5.75 Å². The molecule has 0 aliphatic heterocycles. The largest absolute Gasteiger partial charge is 0.488 e. The van der Waals surface area contributed by atoms with E-state index in [1.807, 2.05) is 13.0 Å². The van der Waals surface area contributed by atoms with Crippen LogP contribution in [0.15, 0.2) is 42.5 Å². The maximum Gasteiger partial charge on any atom is 0.167 e. The summed E-state index contributed by atoms with van der Waals surface area (Å²) in [6.07, 6.45) is 0.276. The van der Waals surface area contributed by atoms with Crippen LogP contribution >= 0.6 is 11.6 Å². The molecule has 0 amide bonds. The maximum atomic E-state index is 12.9. The first-order valence-electron chi connectivity index (χ1n) is 6.67. The summed E-state index contributed by atoms with van der Waals surface area (Å²) in [4.78, 5) is 12.1. The Morgan fingerprint density at radius 1 is 1.19 bits per heavy atom. The van der Waals surface area contributed by atoms with Crippen LogP contribution in [-0.2, 0) is 6.61 Å². The van der Waals surface area contributed by atoms with Crippen LogP contribution in [0.5, 0.6) is 5.75 Å². The summed E-state index contributed by atoms with van der Waals surface area (Å²) < 4.78 is 18.6. The number of ether oxygens (including phenoxy) is 1. The fraction of sp³-hybridized carbons (Fsp3) is 0.235. The molecule has 2 nitrogen and oxygen atoms in total. The third kappa shape index (κ3) is 4.30. The van der Waals surface area contributed by atoms with Gasteiger partial charge in [0.1, 0.15) is 18.2 Å². The average Bonchev–Trinajstić information content (AvgIpc) is 2.48. The van der Waals surface area contributed by atoms with Gasteiger partial charge in [-0.25, -0.2) is 4.39 Å². The first kappa shape index (κ1) is 15.5. The lowest BCUT2D eigenvalue weighted by Gasteiger charge is -2.11. The van der Waals surface area contributed by atoms with Gasteiger partial charge in [-0.05, 0) is 36.8 Å². The smallest absolute Gasteiger partial charge is 0.167 e. The van der Waals surface area contributed by atoms with Gasteiger partial charge < -0.3 is 4.74 Å². The molecule has 2 aromatic carbocycles. The molecule has 0 spiro atoms. The van der Waals surface area contributed by atoms with Crippen LogP contribution in [0.25, 0.3) is 0 Å². The maximum absolute atomic E-state index is 12.9. The molecule has 0 atom stereocenters. The molecule has 0 aliphatic carbocycles. The number of hydrogen-bond acceptors (Lipinski definition) is 2. The lowest BCUT2D eigenvalue weighted by Crippen LogP contribution is -2.05. The number of benzene rings is 2. The van der Waals surface area contributed by atoms with E-state index in [0.29, 0.717) is 11.3 Å². The fourth-order valence-corrected chi connectivity index (χ4v) is 2.12. The number of aryl methyl sites for hydroxylation is 1. The topological polar surface area (TPSA) is 26.3 Å². The van der Waals surface area contributed by atoms with Gasteiger partial charge in [0, 0.05) is 12.3 Å². The van der Waals surface area contributed by atoms with Gasteiger partial charge in [-0.2, -0.15) is 0 Å². The third-order valence-electron chi connectivity index (χ3n) is 3.06. The van der Waals surface area contributed by atoms with Crippen molar-refractivity contribution in [3.05, 3.63) is 65.0 Å². The second kappa shape index (κ2) is 7.23. The van der Waals surface area contributed by atoms with Gasteiger partial charge in [-0.1, -0.05) is 23.8 Å². The van der Waals surface area contributed by atoms with E-state index in [1.54, 1.807) is 24.3 Å². The zero-order valence-electron chi connectivity index (χ0n) is 11.7. The first-order valence-corrected chi connectivity index (χ1v) is 7.20. The molecule has 0 heterocycles. The summed E-state index contributed by atoms with van der Waals surface area (Å²) in [5, 5.41) is 0. The zero-order chi connectivity index (χ0) is 15.2. The number of hydrogen-bond donors (Lipinski definition) is 0. The summed E-state index contributed by atoms with van der Waals surface area (Å²) in [5.74, 6) is 0.486. The van der Waals surface area contributed by atoms with Crippen molar-refractivity contribution in [1.29, 1.82) is 0 Å². The van der Waals surface area contributed by atoms with Crippen LogP contribution in [0.1, 0.15) is 27.9 Å². The van der Waals surface area contributed by atoms with Crippen LogP contribution in [0.2, 0.25) is 0 Å². The summed E-state index contributed by atoms with van der Waals surface area (Å²) in [7, 11) is 0. The van der Waals surface area contributed by atoms with Gasteiger partial charge in [-0.3, -0.25) is 4.79 Å². The van der Waals surface area contributed by atoms with Crippen molar-refractivity contribution in [2.45, 2.75) is 20.0 Å². The van der Waals surface area contributed by atoms with Crippen LogP contribution in [0.4, 0.5) is 4.39 Å². The molecule has 0 unspecified atom stereocenters. The number of halogens is 2. The minimum absolute atomic E-state index is 0.0391. The molecule has 0 N–H and O–H groups in total. The molecule has 0 saturated heterocycles. The molecule has 0 aliphatic rings. The van der Waals surface area contributed by atoms with Crippen molar-refractivity contribution < 1.29 is 13.9 Å². The highest BCUT2D eigenvalue weighted by molar-refractivity contribution is 6.19. The van der Waals surface area contributed by atoms with E-state index in [4.69, 9.17) is 16.3 Å². The molecule has 0 saturated carbocycles. The van der Waals surface area contributed by atoms with Gasteiger partial charge in [0.15, 0.2) is 5.78 Å². The molecular formula is C17H16ClFO2. The quantitative estimate of drug-likeness (QED) is 0.579. The van der Waals surface area contributed by atoms with E-state index < -0.39 is 0 Å². The van der Waals surface area contributed by atoms with E-state index in [-0.39, 0.29) is 30.5 Å². The molecule has 21 heavy (non-hydrogen) atoms. The monoisotopic (exact) mass is 306 g/mol. The third-order valence-corrected chi connectivity index (χ3v) is 3.25. The Hall–Kier alpha value is -1.87. The van der Waals surface area contributed by atoms with E-state index in [1.165, 1.54) is 12.1 Å². The molecule has 0 fully saturated rings. The zero-order valence-corrected chi connectivity index (χ0v) is 12.5. The number of Topliss-reactive ketones (excluding diaryl/α,β-unsaturated/α-hetero) is 1. The van der Waals surface area contributed by atoms with E-state index in [2.05, 4.69) is 0 Å². The van der Waals surface area contributed by atoms with Gasteiger partial charge in [0.05, 0.1) is 5.56 Å². The van der Waals surface area contributed by atoms with Crippen molar-refractivity contribution in [2.24, 2.45) is 0 Å². The number of carbonyl (C=O) groups is 1. The van der Waals surface area contributed by atoms with E-state index in [0.717, 1.165) is 11.1 Å². The highest BCUT2D eigenvalue weighted by atomic mass is 35.5. The average molecular weight is 307 g/mol. The van der Waals surface area contributed by atoms with Gasteiger partial charge in [0.2, 0.25) is 0 Å². The molecule has 2 aromatic rings. The Morgan fingerprint density at radius 2 is 1.90 bits per heavy atom. The predicted molar refractivity (Wildman–Crippen MR) is 81.6 cm³/mol. The fourth-order valence-electron chi connectivity index (χ4n) is 1.95. The first-order chi connectivity index (χ1) is 10.1. The van der Waals surface area contributed by atoms with E-state index in [9.17, 15) is 9.18 Å². The van der Waals surface area contributed by atoms with Crippen LogP contribution in [-0.4, -0.2) is 11.7 Å². The van der Waals surface area contributed by atoms with Crippen LogP contribution in [0, 0.1) is 12.7 Å². The Bertz CT molecular complexity index is 623. The standard InChI is InChI=1S/C17H16ClFO2/c1-12-2-7-17(15(10-12)16(20)8-9-18)21-11-13-3-5-14(19)6-4-13/h2-7,10H,8-9,11H2,1H3. The molecule has 0 radical (unpaired) electrons. The van der Waals surface area contributed by atoms with E-state index >= 15 is 0 Å². The van der Waals surface area contributed by atoms with Crippen LogP contribution in [0.3, 0.4) is 0 Å². The summed E-state index contributed by atoms with van der Waals surface area (Å²) in [6, 6.07) is 11.5. The molecule has 0 bridgehead atoms. The normalized spacial score (nSPS) is 10.4. The molecule has 0 aromatic heterocycles. The van der Waals surface area contributed by atoms with Gasteiger partial charge >= 0.3 is 0 Å². The Labute approximate surface area is 128 Å². The lowest BCUT2D eigenvalue weighted by molar-refractivity contribution is 0.0984. The van der Waals surface area contributed by atoms with Gasteiger partial charge in [0.25, 0.3) is 0 Å². The molecular weight excluding hydrogens is 291 g/mol. The molecule has 4 heteroatoms. The summed E-state index contributed by atoms with van der Waals surface area (Å²) in [6.45, 7) is 2.20.